The quantitative estimate of drug-likeness (QED) is 0.0207. The number of rotatable bonds is 26. The molecule has 1 aliphatic rings. The summed E-state index contributed by atoms with van der Waals surface area (Å²) in [5.41, 5.74) is 7.37. The third-order valence-electron chi connectivity index (χ3n) is 14.6. The van der Waals surface area contributed by atoms with E-state index in [0.29, 0.717) is 22.3 Å². The molecule has 0 aromatic heterocycles. The summed E-state index contributed by atoms with van der Waals surface area (Å²) >= 11 is 0. The van der Waals surface area contributed by atoms with Gasteiger partial charge in [-0.25, -0.2) is 24.0 Å². The van der Waals surface area contributed by atoms with Crippen molar-refractivity contribution >= 4 is 60.0 Å². The van der Waals surface area contributed by atoms with Gasteiger partial charge in [0.1, 0.15) is 72.7 Å². The zero-order valence-electron chi connectivity index (χ0n) is 54.9. The van der Waals surface area contributed by atoms with Crippen molar-refractivity contribution in [2.24, 2.45) is 5.73 Å². The van der Waals surface area contributed by atoms with Crippen LogP contribution in [0.2, 0.25) is 0 Å². The Balaban J connectivity index is 1.38. The molecule has 5 aromatic carbocycles. The predicted molar refractivity (Wildman–Crippen MR) is 352 cm³/mol. The highest BCUT2D eigenvalue weighted by Crippen LogP contribution is 2.31. The maximum absolute atomic E-state index is 15.6. The van der Waals surface area contributed by atoms with Crippen LogP contribution >= 0.6 is 0 Å². The van der Waals surface area contributed by atoms with Crippen molar-refractivity contribution < 1.29 is 81.8 Å². The first kappa shape index (κ1) is 74.6. The van der Waals surface area contributed by atoms with E-state index in [0.717, 1.165) is 10.5 Å². The second-order valence-corrected chi connectivity index (χ2v) is 24.7. The number of amides is 10. The lowest BCUT2D eigenvalue weighted by atomic mass is 9.95. The molecule has 1 aliphatic heterocycles. The molecule has 0 fully saturated rings. The number of nitrogens with one attached hydrogen (secondary N) is 8. The van der Waals surface area contributed by atoms with Crippen LogP contribution in [0.15, 0.2) is 127 Å². The van der Waals surface area contributed by atoms with Crippen LogP contribution in [0.1, 0.15) is 108 Å². The number of phenolic OH excluding ortho intramolecular Hbond substituents is 2. The van der Waals surface area contributed by atoms with Gasteiger partial charge in [-0.05, 0) is 150 Å². The number of fused-ring (bicyclic) bond motifs is 5. The third-order valence-corrected chi connectivity index (χ3v) is 14.6. The predicted octanol–water partition coefficient (Wildman–Crippen LogP) is 6.54. The van der Waals surface area contributed by atoms with Crippen molar-refractivity contribution in [3.63, 3.8) is 0 Å². The molecule has 12 N–H and O–H groups in total. The van der Waals surface area contributed by atoms with E-state index < -0.39 is 114 Å². The molecule has 5 atom stereocenters. The highest BCUT2D eigenvalue weighted by atomic mass is 16.6. The number of nitrogens with two attached hydrogens (primary N) is 1. The van der Waals surface area contributed by atoms with Gasteiger partial charge in [-0.3, -0.25) is 29.3 Å². The molecule has 96 heavy (non-hydrogen) atoms. The summed E-state index contributed by atoms with van der Waals surface area (Å²) in [6.45, 7) is 8.40. The third kappa shape index (κ3) is 25.8. The van der Waals surface area contributed by atoms with Crippen LogP contribution in [0.3, 0.4) is 0 Å². The van der Waals surface area contributed by atoms with E-state index in [4.69, 9.17) is 29.4 Å². The number of carbonyl (C=O) groups is 10. The van der Waals surface area contributed by atoms with Crippen molar-refractivity contribution in [3.05, 3.63) is 155 Å². The Hall–Kier alpha value is -10.4. The SMILES string of the molecule is CC(C)(C)OC(=O)NCCC[C@@H]1NC(=O)[C@@H](NC(=O)OC(C)(C)C)Cc2cc(ccc2O)-c2ccc(O)c(c2)C[C@@H](C(=O)N[C@@H](CCCN)C(=O)N(CCNC(=O)OCc2ccccc2)[C@@H](CCCNC(=O)OCc2ccccc2)C(=O)NC(=O)OCc2ccccc2)NC1=O. The standard InChI is InChI=1S/C69H88N10O17/c1-68(2,3)95-65(89)72-33-17-26-51-58(82)76-53(39-49-37-47(28-30-56(49)80)48-29-31-57(81)50(38-48)40-54(60(84)74-51)77-67(91)96-69(4,5)6)59(83)75-52(25-16-32-70)62(86)79(36-35-73-64(88)93-42-45-21-12-8-13-22-45)55(61(85)78-66(90)94-43-46-23-14-9-15-24-46)27-18-34-71-63(87)92-41-44-19-10-7-11-20-44/h7-15,19-24,28-31,37-38,51-55,80-81H,16-18,25-27,32-36,39-43,70H2,1-6H3,(H,71,87)(H,72,89)(H,73,88)(H,74,84)(H,75,83)(H,76,82)(H,77,91)(H,78,85,90)/t51-,52-,53-,54-,55-/m0/s1. The van der Waals surface area contributed by atoms with Crippen LogP contribution in [0.5, 0.6) is 11.5 Å². The highest BCUT2D eigenvalue weighted by molar-refractivity contribution is 5.99. The van der Waals surface area contributed by atoms with Gasteiger partial charge in [0.05, 0.1) is 0 Å². The Morgan fingerprint density at radius 3 is 1.59 bits per heavy atom. The number of nitrogens with zero attached hydrogens (tertiary/aromatic N) is 1. The molecule has 0 saturated carbocycles. The van der Waals surface area contributed by atoms with Crippen molar-refractivity contribution in [3.8, 4) is 22.6 Å². The van der Waals surface area contributed by atoms with Gasteiger partial charge in [0, 0.05) is 39.0 Å². The Bertz CT molecular complexity index is 3440. The lowest BCUT2D eigenvalue weighted by Crippen LogP contribution is -2.61. The summed E-state index contributed by atoms with van der Waals surface area (Å²) in [4.78, 5) is 142. The van der Waals surface area contributed by atoms with Crippen LogP contribution in [0, 0.1) is 0 Å². The first-order valence-electron chi connectivity index (χ1n) is 31.7. The summed E-state index contributed by atoms with van der Waals surface area (Å²) < 4.78 is 27.1. The normalized spacial score (nSPS) is 15.3. The average Bonchev–Trinajstić information content (AvgIpc) is 1.12. The van der Waals surface area contributed by atoms with Crippen LogP contribution < -0.4 is 48.3 Å². The fraction of sp³-hybridized carbons (Fsp3) is 0.420. The summed E-state index contributed by atoms with van der Waals surface area (Å²) in [5.74, 6) is -5.47. The van der Waals surface area contributed by atoms with E-state index >= 15 is 14.4 Å². The van der Waals surface area contributed by atoms with Gasteiger partial charge in [-0.1, -0.05) is 103 Å². The van der Waals surface area contributed by atoms with E-state index in [1.54, 1.807) is 151 Å². The lowest BCUT2D eigenvalue weighted by Gasteiger charge is -2.34. The second kappa shape index (κ2) is 36.9. The minimum atomic E-state index is -1.71. The van der Waals surface area contributed by atoms with Gasteiger partial charge in [0.2, 0.25) is 23.6 Å². The lowest BCUT2D eigenvalue weighted by molar-refractivity contribution is -0.144. The molecule has 0 unspecified atom stereocenters. The van der Waals surface area contributed by atoms with Gasteiger partial charge in [0.25, 0.3) is 5.91 Å². The molecule has 4 bridgehead atoms. The highest BCUT2D eigenvalue weighted by Gasteiger charge is 2.38. The Morgan fingerprint density at radius 2 is 1.06 bits per heavy atom. The maximum Gasteiger partial charge on any atom is 0.414 e. The van der Waals surface area contributed by atoms with Crippen molar-refractivity contribution in [2.45, 2.75) is 154 Å². The Labute approximate surface area is 557 Å². The number of phenols is 2. The molecular formula is C69H88N10O17. The number of hydrogen-bond donors (Lipinski definition) is 11. The zero-order chi connectivity index (χ0) is 69.8. The van der Waals surface area contributed by atoms with Crippen LogP contribution in [-0.4, -0.2) is 149 Å². The number of imide groups is 1. The smallest absolute Gasteiger partial charge is 0.414 e. The largest absolute Gasteiger partial charge is 0.508 e. The van der Waals surface area contributed by atoms with Crippen LogP contribution in [-0.2, 0) is 80.3 Å². The first-order chi connectivity index (χ1) is 45.7. The molecule has 516 valence electrons. The molecule has 0 aliphatic carbocycles. The number of alkyl carbamates (subject to hydrolysis) is 5. The fourth-order valence-electron chi connectivity index (χ4n) is 9.95. The van der Waals surface area contributed by atoms with E-state index in [1.807, 2.05) is 6.07 Å². The molecule has 0 radical (unpaired) electrons. The van der Waals surface area contributed by atoms with E-state index in [1.165, 1.54) is 12.1 Å². The Morgan fingerprint density at radius 1 is 0.573 bits per heavy atom. The van der Waals surface area contributed by atoms with Crippen molar-refractivity contribution in [1.29, 1.82) is 0 Å². The fourth-order valence-corrected chi connectivity index (χ4v) is 9.95. The molecule has 10 amide bonds. The van der Waals surface area contributed by atoms with Gasteiger partial charge >= 0.3 is 30.5 Å². The van der Waals surface area contributed by atoms with Gasteiger partial charge < -0.3 is 81.7 Å². The summed E-state index contributed by atoms with van der Waals surface area (Å²) in [7, 11) is 0. The summed E-state index contributed by atoms with van der Waals surface area (Å²) in [6, 6.07) is 27.3. The topological polar surface area (TPSA) is 383 Å². The number of benzene rings is 5. The first-order valence-corrected chi connectivity index (χ1v) is 31.7. The van der Waals surface area contributed by atoms with Crippen molar-refractivity contribution in [1.82, 2.24) is 47.4 Å². The number of ether oxygens (including phenoxy) is 5. The van der Waals surface area contributed by atoms with Crippen LogP contribution in [0.25, 0.3) is 11.1 Å². The number of hydrogen-bond acceptors (Lipinski definition) is 18. The van der Waals surface area contributed by atoms with Gasteiger partial charge in [0.15, 0.2) is 0 Å². The van der Waals surface area contributed by atoms with Crippen molar-refractivity contribution in [2.75, 3.05) is 32.7 Å². The minimum Gasteiger partial charge on any atom is -0.508 e. The molecule has 27 heteroatoms. The van der Waals surface area contributed by atoms with Gasteiger partial charge in [-0.15, -0.1) is 0 Å². The average molecular weight is 1330 g/mol. The van der Waals surface area contributed by atoms with E-state index in [9.17, 15) is 43.8 Å². The monoisotopic (exact) mass is 1330 g/mol. The number of aromatic hydroxyl groups is 2. The maximum atomic E-state index is 15.6. The number of carbonyl (C=O) groups excluding carboxylic acids is 10. The Kier molecular flexibility index (Phi) is 28.6. The van der Waals surface area contributed by atoms with E-state index in [2.05, 4.69) is 42.5 Å². The van der Waals surface area contributed by atoms with E-state index in [-0.39, 0.29) is 114 Å². The molecular weight excluding hydrogens is 1240 g/mol. The zero-order valence-corrected chi connectivity index (χ0v) is 54.9. The molecule has 1 heterocycles. The molecule has 0 spiro atoms. The minimum absolute atomic E-state index is 0.0172. The molecule has 27 nitrogen and oxygen atoms in total. The summed E-state index contributed by atoms with van der Waals surface area (Å²) in [6.07, 6.45) is -6.05. The van der Waals surface area contributed by atoms with Crippen LogP contribution in [0.4, 0.5) is 24.0 Å². The molecule has 6 rings (SSSR count). The van der Waals surface area contributed by atoms with Gasteiger partial charge in [-0.2, -0.15) is 0 Å². The summed E-state index contributed by atoms with van der Waals surface area (Å²) in [5, 5.41) is 43.5. The molecule has 0 saturated heterocycles. The second-order valence-electron chi connectivity index (χ2n) is 24.7. The molecule has 5 aromatic rings.